The largest absolute Gasteiger partial charge is 0.389 e. The van der Waals surface area contributed by atoms with Crippen molar-refractivity contribution in [2.45, 2.75) is 12.6 Å². The molecule has 1 unspecified atom stereocenters. The summed E-state index contributed by atoms with van der Waals surface area (Å²) in [5.41, 5.74) is 0. The number of hydrogen-bond acceptors (Lipinski definition) is 4. The van der Waals surface area contributed by atoms with Crippen molar-refractivity contribution in [3.8, 4) is 0 Å². The Morgan fingerprint density at radius 3 is 2.83 bits per heavy atom. The van der Waals surface area contributed by atoms with Crippen LogP contribution in [0.4, 0.5) is 0 Å². The Morgan fingerprint density at radius 2 is 2.25 bits per heavy atom. The number of aromatic nitrogens is 3. The molecule has 0 aliphatic carbocycles. The number of nitrogens with zero attached hydrogens (tertiary/aromatic N) is 3. The molecule has 1 radical (unpaired) electrons. The van der Waals surface area contributed by atoms with Gasteiger partial charge < -0.3 is 10.4 Å². The molecule has 65 valence electrons. The molecule has 0 fully saturated rings. The lowest BCUT2D eigenvalue weighted by molar-refractivity contribution is 0.146. The lowest BCUT2D eigenvalue weighted by Gasteiger charge is -2.07. The van der Waals surface area contributed by atoms with Crippen LogP contribution < -0.4 is 5.32 Å². The number of hydrogen-bond donors (Lipinski definition) is 2. The summed E-state index contributed by atoms with van der Waals surface area (Å²) in [7, 11) is 0. The van der Waals surface area contributed by atoms with Gasteiger partial charge in [-0.1, -0.05) is 0 Å². The number of aliphatic hydroxyl groups is 1. The fourth-order valence-electron chi connectivity index (χ4n) is 0.750. The number of aliphatic hydroxyl groups excluding tert-OH is 1. The summed E-state index contributed by atoms with van der Waals surface area (Å²) in [6, 6.07) is 0. The molecule has 0 saturated heterocycles. The van der Waals surface area contributed by atoms with Crippen LogP contribution in [0.3, 0.4) is 0 Å². The molecule has 0 spiro atoms. The molecule has 2 N–H and O–H groups in total. The second kappa shape index (κ2) is 4.45. The van der Waals surface area contributed by atoms with Gasteiger partial charge in [0.25, 0.3) is 0 Å². The van der Waals surface area contributed by atoms with Crippen molar-refractivity contribution in [1.29, 1.82) is 0 Å². The summed E-state index contributed by atoms with van der Waals surface area (Å²) < 4.78 is 0. The van der Waals surface area contributed by atoms with Crippen LogP contribution in [-0.4, -0.2) is 39.2 Å². The van der Waals surface area contributed by atoms with Gasteiger partial charge in [-0.15, -0.1) is 0 Å². The average molecular weight is 169 g/mol. The molecule has 6 nitrogen and oxygen atoms in total. The van der Waals surface area contributed by atoms with Crippen molar-refractivity contribution in [3.63, 3.8) is 0 Å². The number of amides is 1. The van der Waals surface area contributed by atoms with Gasteiger partial charge in [0.2, 0.25) is 0 Å². The quantitative estimate of drug-likeness (QED) is 0.515. The first-order chi connectivity index (χ1) is 5.83. The van der Waals surface area contributed by atoms with E-state index in [1.54, 1.807) is 0 Å². The first-order valence-corrected chi connectivity index (χ1v) is 3.45. The maximum atomic E-state index is 9.73. The van der Waals surface area contributed by atoms with Crippen LogP contribution in [0.2, 0.25) is 0 Å². The van der Waals surface area contributed by atoms with Crippen molar-refractivity contribution in [2.75, 3.05) is 6.54 Å². The smallest absolute Gasteiger partial charge is 0.309 e. The Labute approximate surface area is 69.2 Å². The van der Waals surface area contributed by atoms with Crippen LogP contribution in [0.1, 0.15) is 0 Å². The summed E-state index contributed by atoms with van der Waals surface area (Å²) in [4.78, 5) is 11.1. The predicted molar refractivity (Wildman–Crippen MR) is 39.7 cm³/mol. The minimum atomic E-state index is -0.682. The fraction of sp³-hybridized carbons (Fsp3) is 0.500. The van der Waals surface area contributed by atoms with E-state index in [2.05, 4.69) is 15.5 Å². The number of rotatable bonds is 5. The highest BCUT2D eigenvalue weighted by Gasteiger charge is 2.04. The van der Waals surface area contributed by atoms with E-state index in [0.717, 1.165) is 0 Å². The van der Waals surface area contributed by atoms with Gasteiger partial charge in [0, 0.05) is 6.54 Å². The summed E-state index contributed by atoms with van der Waals surface area (Å²) in [5.74, 6) is 0. The van der Waals surface area contributed by atoms with Crippen LogP contribution in [0.15, 0.2) is 12.4 Å². The average Bonchev–Trinajstić information content (AvgIpc) is 2.53. The zero-order valence-electron chi connectivity index (χ0n) is 6.34. The molecule has 0 aliphatic rings. The van der Waals surface area contributed by atoms with Crippen LogP contribution in [0.25, 0.3) is 0 Å². The van der Waals surface area contributed by atoms with E-state index >= 15 is 0 Å². The third-order valence-corrected chi connectivity index (χ3v) is 1.25. The van der Waals surface area contributed by atoms with Crippen molar-refractivity contribution < 1.29 is 9.90 Å². The summed E-state index contributed by atoms with van der Waals surface area (Å²) in [6.07, 6.45) is 3.83. The number of carbonyl (C=O) groups excluding carboxylic acids is 1. The summed E-state index contributed by atoms with van der Waals surface area (Å²) in [6.45, 7) is 0.423. The molecular weight excluding hydrogens is 160 g/mol. The van der Waals surface area contributed by atoms with E-state index in [1.807, 2.05) is 0 Å². The van der Waals surface area contributed by atoms with Gasteiger partial charge in [0.05, 0.1) is 25.0 Å². The molecule has 1 amide bonds. The predicted octanol–water partition coefficient (Wildman–Crippen LogP) is -1.70. The maximum absolute atomic E-state index is 9.73. The van der Waals surface area contributed by atoms with E-state index < -0.39 is 6.10 Å². The second-order valence-corrected chi connectivity index (χ2v) is 2.22. The molecule has 0 aromatic carbocycles. The Hall–Kier alpha value is -1.43. The maximum Gasteiger partial charge on any atom is 0.309 e. The van der Waals surface area contributed by atoms with Crippen LogP contribution >= 0.6 is 0 Å². The highest BCUT2D eigenvalue weighted by atomic mass is 16.3. The first kappa shape index (κ1) is 8.66. The van der Waals surface area contributed by atoms with Crippen molar-refractivity contribution >= 4 is 6.41 Å². The SMILES string of the molecule is O=[C]NCC(O)Cn1nccn1. The Balaban J connectivity index is 2.26. The standard InChI is InChI=1S/C6H9N4O2/c11-5-7-3-6(12)4-10-8-1-2-9-10/h1-2,6,12H,3-4H2,(H,7,11). The van der Waals surface area contributed by atoms with Crippen molar-refractivity contribution in [1.82, 2.24) is 20.3 Å². The second-order valence-electron chi connectivity index (χ2n) is 2.22. The van der Waals surface area contributed by atoms with E-state index in [0.29, 0.717) is 0 Å². The van der Waals surface area contributed by atoms with E-state index in [4.69, 9.17) is 0 Å². The molecule has 1 aromatic heterocycles. The molecule has 1 atom stereocenters. The Morgan fingerprint density at radius 1 is 1.58 bits per heavy atom. The summed E-state index contributed by atoms with van der Waals surface area (Å²) >= 11 is 0. The first-order valence-electron chi connectivity index (χ1n) is 3.45. The van der Waals surface area contributed by atoms with Gasteiger partial charge in [0.15, 0.2) is 0 Å². The molecule has 0 saturated carbocycles. The Bertz CT molecular complexity index is 223. The molecule has 0 bridgehead atoms. The summed E-state index contributed by atoms with van der Waals surface area (Å²) in [5, 5.41) is 19.0. The van der Waals surface area contributed by atoms with Crippen LogP contribution in [0.5, 0.6) is 0 Å². The van der Waals surface area contributed by atoms with Crippen LogP contribution in [-0.2, 0) is 11.3 Å². The normalized spacial score (nSPS) is 12.4. The zero-order chi connectivity index (χ0) is 8.81. The van der Waals surface area contributed by atoms with Crippen molar-refractivity contribution in [2.24, 2.45) is 0 Å². The van der Waals surface area contributed by atoms with E-state index in [9.17, 15) is 9.90 Å². The number of nitrogens with one attached hydrogen (secondary N) is 1. The van der Waals surface area contributed by atoms with Gasteiger partial charge in [-0.3, -0.25) is 4.79 Å². The molecule has 1 aromatic rings. The minimum Gasteiger partial charge on any atom is -0.389 e. The molecule has 1 rings (SSSR count). The fourth-order valence-corrected chi connectivity index (χ4v) is 0.750. The van der Waals surface area contributed by atoms with Gasteiger partial charge in [-0.25, -0.2) is 0 Å². The lowest BCUT2D eigenvalue weighted by Crippen LogP contribution is -2.30. The van der Waals surface area contributed by atoms with Gasteiger partial charge >= 0.3 is 6.41 Å². The highest BCUT2D eigenvalue weighted by Crippen LogP contribution is 1.85. The van der Waals surface area contributed by atoms with Gasteiger partial charge in [-0.2, -0.15) is 15.0 Å². The topological polar surface area (TPSA) is 80.0 Å². The molecule has 12 heavy (non-hydrogen) atoms. The van der Waals surface area contributed by atoms with Gasteiger partial charge in [-0.05, 0) is 0 Å². The highest BCUT2D eigenvalue weighted by molar-refractivity contribution is 5.46. The monoisotopic (exact) mass is 169 g/mol. The zero-order valence-corrected chi connectivity index (χ0v) is 6.34. The minimum absolute atomic E-state index is 0.158. The Kier molecular flexibility index (Phi) is 3.21. The van der Waals surface area contributed by atoms with Crippen LogP contribution in [0, 0.1) is 0 Å². The molecule has 6 heteroatoms. The van der Waals surface area contributed by atoms with Crippen molar-refractivity contribution in [3.05, 3.63) is 12.4 Å². The molecule has 1 heterocycles. The third-order valence-electron chi connectivity index (χ3n) is 1.25. The van der Waals surface area contributed by atoms with Gasteiger partial charge in [0.1, 0.15) is 0 Å². The molecule has 0 aliphatic heterocycles. The van der Waals surface area contributed by atoms with E-state index in [-0.39, 0.29) is 13.1 Å². The lowest BCUT2D eigenvalue weighted by atomic mass is 10.3. The van der Waals surface area contributed by atoms with E-state index in [1.165, 1.54) is 23.6 Å². The third kappa shape index (κ3) is 2.67. The molecular formula is C6H9N4O2.